The molecule has 4 rings (SSSR count). The van der Waals surface area contributed by atoms with Crippen molar-refractivity contribution >= 4 is 10.0 Å². The zero-order valence-corrected chi connectivity index (χ0v) is 22.2. The van der Waals surface area contributed by atoms with Crippen LogP contribution in [0.2, 0.25) is 0 Å². The van der Waals surface area contributed by atoms with Crippen LogP contribution >= 0.6 is 0 Å². The van der Waals surface area contributed by atoms with Gasteiger partial charge in [-0.2, -0.15) is 13.2 Å². The molecule has 1 aliphatic rings. The first kappa shape index (κ1) is 28.3. The molecule has 38 heavy (non-hydrogen) atoms. The molecule has 0 spiro atoms. The first-order valence-electron chi connectivity index (χ1n) is 12.7. The number of fused-ring (bicyclic) bond motifs is 1. The number of hydrogen-bond donors (Lipinski definition) is 2. The molecule has 0 amide bonds. The van der Waals surface area contributed by atoms with Gasteiger partial charge in [-0.1, -0.05) is 50.2 Å². The van der Waals surface area contributed by atoms with Crippen LogP contribution in [0.3, 0.4) is 0 Å². The van der Waals surface area contributed by atoms with Gasteiger partial charge in [-0.05, 0) is 96.8 Å². The molecular weight excluding hydrogens is 516 g/mol. The van der Waals surface area contributed by atoms with Crippen molar-refractivity contribution < 1.29 is 26.0 Å². The van der Waals surface area contributed by atoms with Gasteiger partial charge in [-0.25, -0.2) is 17.5 Å². The SMILES string of the molecule is CC(C)CNCCc1ccc2c(c1)C[C@H](c1ccc(F)cc1)C[C@H]2NS(=O)(=O)c1cccc(C(F)(F)F)c1. The first-order valence-corrected chi connectivity index (χ1v) is 14.2. The van der Waals surface area contributed by atoms with Gasteiger partial charge in [-0.3, -0.25) is 0 Å². The predicted molar refractivity (Wildman–Crippen MR) is 140 cm³/mol. The van der Waals surface area contributed by atoms with Crippen LogP contribution in [0.1, 0.15) is 60.0 Å². The third-order valence-electron chi connectivity index (χ3n) is 6.82. The van der Waals surface area contributed by atoms with Gasteiger partial charge in [0.2, 0.25) is 10.0 Å². The van der Waals surface area contributed by atoms with Crippen LogP contribution in [0.15, 0.2) is 71.6 Å². The number of halogens is 4. The zero-order valence-electron chi connectivity index (χ0n) is 21.4. The number of nitrogens with one attached hydrogen (secondary N) is 2. The minimum Gasteiger partial charge on any atom is -0.316 e. The summed E-state index contributed by atoms with van der Waals surface area (Å²) in [6.45, 7) is 6.00. The Morgan fingerprint density at radius 3 is 2.42 bits per heavy atom. The lowest BCUT2D eigenvalue weighted by molar-refractivity contribution is -0.137. The highest BCUT2D eigenvalue weighted by atomic mass is 32.2. The number of rotatable bonds is 9. The molecule has 3 aromatic carbocycles. The van der Waals surface area contributed by atoms with Crippen LogP contribution in [0.5, 0.6) is 0 Å². The van der Waals surface area contributed by atoms with Gasteiger partial charge >= 0.3 is 6.18 Å². The summed E-state index contributed by atoms with van der Waals surface area (Å²) in [5, 5.41) is 3.42. The molecule has 204 valence electrons. The number of alkyl halides is 3. The maximum Gasteiger partial charge on any atom is 0.416 e. The lowest BCUT2D eigenvalue weighted by Crippen LogP contribution is -2.33. The van der Waals surface area contributed by atoms with E-state index in [9.17, 15) is 26.0 Å². The van der Waals surface area contributed by atoms with Gasteiger partial charge < -0.3 is 5.32 Å². The van der Waals surface area contributed by atoms with Gasteiger partial charge in [0.1, 0.15) is 5.82 Å². The van der Waals surface area contributed by atoms with Crippen molar-refractivity contribution in [2.75, 3.05) is 13.1 Å². The van der Waals surface area contributed by atoms with Crippen molar-refractivity contribution in [2.45, 2.75) is 56.1 Å². The molecule has 0 heterocycles. The first-order chi connectivity index (χ1) is 17.9. The van der Waals surface area contributed by atoms with E-state index in [0.29, 0.717) is 24.8 Å². The highest BCUT2D eigenvalue weighted by Gasteiger charge is 2.34. The molecule has 0 aliphatic heterocycles. The van der Waals surface area contributed by atoms with Crippen molar-refractivity contribution in [2.24, 2.45) is 5.92 Å². The van der Waals surface area contributed by atoms with Crippen LogP contribution in [0.4, 0.5) is 17.6 Å². The van der Waals surface area contributed by atoms with Crippen molar-refractivity contribution in [1.82, 2.24) is 10.0 Å². The third kappa shape index (κ3) is 7.01. The van der Waals surface area contributed by atoms with Gasteiger partial charge in [-0.15, -0.1) is 0 Å². The highest BCUT2D eigenvalue weighted by molar-refractivity contribution is 7.89. The molecule has 0 saturated heterocycles. The minimum absolute atomic E-state index is 0.0911. The second-order valence-electron chi connectivity index (χ2n) is 10.3. The van der Waals surface area contributed by atoms with E-state index < -0.39 is 32.7 Å². The lowest BCUT2D eigenvalue weighted by atomic mass is 9.77. The standard InChI is InChI=1S/C29H32F4N2O2S/c1-19(2)18-34-13-12-20-6-11-27-23(14-20)15-22(21-7-9-25(30)10-8-21)16-28(27)35-38(36,37)26-5-3-4-24(17-26)29(31,32)33/h3-11,14,17,19,22,28,34-35H,12-13,15-16,18H2,1-2H3/t22-,28+/m0/s1. The van der Waals surface area contributed by atoms with E-state index in [1.54, 1.807) is 12.1 Å². The van der Waals surface area contributed by atoms with E-state index >= 15 is 0 Å². The molecule has 9 heteroatoms. The molecule has 0 fully saturated rings. The average molecular weight is 549 g/mol. The Labute approximate surface area is 221 Å². The van der Waals surface area contributed by atoms with Crippen LogP contribution < -0.4 is 10.0 Å². The topological polar surface area (TPSA) is 58.2 Å². The van der Waals surface area contributed by atoms with Crippen molar-refractivity contribution in [1.29, 1.82) is 0 Å². The quantitative estimate of drug-likeness (QED) is 0.241. The Morgan fingerprint density at radius 1 is 1.00 bits per heavy atom. The number of hydrogen-bond acceptors (Lipinski definition) is 3. The summed E-state index contributed by atoms with van der Waals surface area (Å²) in [5.41, 5.74) is 2.74. The second-order valence-corrected chi connectivity index (χ2v) is 12.0. The summed E-state index contributed by atoms with van der Waals surface area (Å²) in [6.07, 6.45) is -2.80. The molecule has 0 saturated carbocycles. The maximum atomic E-state index is 13.6. The molecule has 0 radical (unpaired) electrons. The average Bonchev–Trinajstić information content (AvgIpc) is 2.86. The molecule has 0 unspecified atom stereocenters. The number of sulfonamides is 1. The highest BCUT2D eigenvalue weighted by Crippen LogP contribution is 2.40. The lowest BCUT2D eigenvalue weighted by Gasteiger charge is -2.33. The Hall–Kier alpha value is -2.75. The Kier molecular flexibility index (Phi) is 8.59. The van der Waals surface area contributed by atoms with E-state index in [1.165, 1.54) is 12.1 Å². The third-order valence-corrected chi connectivity index (χ3v) is 8.29. The van der Waals surface area contributed by atoms with E-state index in [0.717, 1.165) is 60.0 Å². The van der Waals surface area contributed by atoms with Crippen LogP contribution in [-0.4, -0.2) is 21.5 Å². The Morgan fingerprint density at radius 2 is 1.74 bits per heavy atom. The fourth-order valence-corrected chi connectivity index (χ4v) is 6.18. The normalized spacial score (nSPS) is 18.0. The fraction of sp³-hybridized carbons (Fsp3) is 0.379. The smallest absolute Gasteiger partial charge is 0.316 e. The van der Waals surface area contributed by atoms with Crippen molar-refractivity contribution in [3.8, 4) is 0 Å². The molecular formula is C29H32F4N2O2S. The zero-order chi connectivity index (χ0) is 27.5. The molecule has 1 aliphatic carbocycles. The Balaban J connectivity index is 1.63. The van der Waals surface area contributed by atoms with Gasteiger partial charge in [0, 0.05) is 6.04 Å². The van der Waals surface area contributed by atoms with E-state index in [2.05, 4.69) is 30.0 Å². The summed E-state index contributed by atoms with van der Waals surface area (Å²) in [5.74, 6) is 0.0928. The van der Waals surface area contributed by atoms with Crippen molar-refractivity contribution in [3.05, 3.63) is 100 Å². The Bertz CT molecular complexity index is 1360. The summed E-state index contributed by atoms with van der Waals surface area (Å²) < 4.78 is 82.4. The van der Waals surface area contributed by atoms with Crippen LogP contribution in [0, 0.1) is 11.7 Å². The van der Waals surface area contributed by atoms with E-state index in [-0.39, 0.29) is 11.7 Å². The molecule has 2 atom stereocenters. The second kappa shape index (κ2) is 11.6. The van der Waals surface area contributed by atoms with E-state index in [4.69, 9.17) is 0 Å². The molecule has 0 bridgehead atoms. The molecule has 4 nitrogen and oxygen atoms in total. The van der Waals surface area contributed by atoms with Gasteiger partial charge in [0.15, 0.2) is 0 Å². The minimum atomic E-state index is -4.66. The van der Waals surface area contributed by atoms with Crippen LogP contribution in [0.25, 0.3) is 0 Å². The van der Waals surface area contributed by atoms with Crippen molar-refractivity contribution in [3.63, 3.8) is 0 Å². The molecule has 2 N–H and O–H groups in total. The predicted octanol–water partition coefficient (Wildman–Crippen LogP) is 6.38. The summed E-state index contributed by atoms with van der Waals surface area (Å²) in [6, 6.07) is 15.2. The van der Waals surface area contributed by atoms with Crippen LogP contribution in [-0.2, 0) is 29.0 Å². The fourth-order valence-electron chi connectivity index (χ4n) is 4.91. The number of benzene rings is 3. The molecule has 3 aromatic rings. The largest absolute Gasteiger partial charge is 0.416 e. The van der Waals surface area contributed by atoms with Gasteiger partial charge in [0.25, 0.3) is 0 Å². The summed E-state index contributed by atoms with van der Waals surface area (Å²) in [4.78, 5) is -0.439. The maximum absolute atomic E-state index is 13.6. The monoisotopic (exact) mass is 548 g/mol. The molecule has 0 aromatic heterocycles. The van der Waals surface area contributed by atoms with E-state index in [1.807, 2.05) is 12.1 Å². The summed E-state index contributed by atoms with van der Waals surface area (Å²) >= 11 is 0. The van der Waals surface area contributed by atoms with Gasteiger partial charge in [0.05, 0.1) is 10.5 Å². The summed E-state index contributed by atoms with van der Waals surface area (Å²) in [7, 11) is -4.25.